The SMILES string of the molecule is CCOC(C(O)c1ccc2c(c1)CC=C2)N(C)C. The highest BCUT2D eigenvalue weighted by Crippen LogP contribution is 2.26. The van der Waals surface area contributed by atoms with Crippen molar-refractivity contribution in [3.8, 4) is 0 Å². The van der Waals surface area contributed by atoms with Crippen molar-refractivity contribution in [2.75, 3.05) is 20.7 Å². The molecule has 3 nitrogen and oxygen atoms in total. The van der Waals surface area contributed by atoms with E-state index >= 15 is 0 Å². The quantitative estimate of drug-likeness (QED) is 0.810. The molecule has 0 heterocycles. The van der Waals surface area contributed by atoms with E-state index < -0.39 is 6.10 Å². The fourth-order valence-corrected chi connectivity index (χ4v) is 2.32. The van der Waals surface area contributed by atoms with E-state index in [1.54, 1.807) is 0 Å². The van der Waals surface area contributed by atoms with Crippen LogP contribution in [0.15, 0.2) is 24.3 Å². The van der Waals surface area contributed by atoms with Crippen LogP contribution in [0, 0.1) is 0 Å². The molecule has 18 heavy (non-hydrogen) atoms. The molecule has 0 aromatic heterocycles. The van der Waals surface area contributed by atoms with Gasteiger partial charge in [0.15, 0.2) is 0 Å². The molecule has 2 rings (SSSR count). The molecule has 1 aliphatic rings. The van der Waals surface area contributed by atoms with Crippen LogP contribution in [0.4, 0.5) is 0 Å². The van der Waals surface area contributed by atoms with Crippen LogP contribution in [0.25, 0.3) is 6.08 Å². The average molecular weight is 247 g/mol. The van der Waals surface area contributed by atoms with Crippen LogP contribution in [0.5, 0.6) is 0 Å². The number of hydrogen-bond acceptors (Lipinski definition) is 3. The Morgan fingerprint density at radius 1 is 1.39 bits per heavy atom. The van der Waals surface area contributed by atoms with E-state index in [9.17, 15) is 5.11 Å². The van der Waals surface area contributed by atoms with Crippen LogP contribution >= 0.6 is 0 Å². The third kappa shape index (κ3) is 2.64. The van der Waals surface area contributed by atoms with Gasteiger partial charge in [-0.2, -0.15) is 0 Å². The van der Waals surface area contributed by atoms with Crippen molar-refractivity contribution < 1.29 is 9.84 Å². The summed E-state index contributed by atoms with van der Waals surface area (Å²) in [4.78, 5) is 1.90. The molecular weight excluding hydrogens is 226 g/mol. The second-order valence-corrected chi connectivity index (χ2v) is 4.82. The molecule has 0 saturated carbocycles. The number of aliphatic hydroxyl groups excluding tert-OH is 1. The fraction of sp³-hybridized carbons (Fsp3) is 0.467. The predicted molar refractivity (Wildman–Crippen MR) is 73.2 cm³/mol. The minimum Gasteiger partial charge on any atom is -0.384 e. The summed E-state index contributed by atoms with van der Waals surface area (Å²) in [7, 11) is 3.83. The number of benzene rings is 1. The Hall–Kier alpha value is -1.16. The molecular formula is C15H21NO2. The van der Waals surface area contributed by atoms with E-state index in [-0.39, 0.29) is 6.23 Å². The van der Waals surface area contributed by atoms with E-state index in [0.29, 0.717) is 6.61 Å². The predicted octanol–water partition coefficient (Wildman–Crippen LogP) is 2.21. The smallest absolute Gasteiger partial charge is 0.140 e. The van der Waals surface area contributed by atoms with Gasteiger partial charge in [-0.05, 0) is 44.1 Å². The van der Waals surface area contributed by atoms with Crippen molar-refractivity contribution in [1.29, 1.82) is 0 Å². The van der Waals surface area contributed by atoms with Gasteiger partial charge in [0.05, 0.1) is 0 Å². The average Bonchev–Trinajstić information content (AvgIpc) is 2.81. The zero-order chi connectivity index (χ0) is 13.1. The molecule has 3 heteroatoms. The molecule has 1 aliphatic carbocycles. The molecule has 2 unspecified atom stereocenters. The summed E-state index contributed by atoms with van der Waals surface area (Å²) in [5.74, 6) is 0. The Balaban J connectivity index is 2.19. The summed E-state index contributed by atoms with van der Waals surface area (Å²) in [6.07, 6.45) is 4.30. The molecule has 0 saturated heterocycles. The number of fused-ring (bicyclic) bond motifs is 1. The van der Waals surface area contributed by atoms with Gasteiger partial charge >= 0.3 is 0 Å². The van der Waals surface area contributed by atoms with E-state index in [0.717, 1.165) is 12.0 Å². The van der Waals surface area contributed by atoms with E-state index in [4.69, 9.17) is 4.74 Å². The minimum atomic E-state index is -0.620. The first-order valence-electron chi connectivity index (χ1n) is 6.39. The monoisotopic (exact) mass is 247 g/mol. The number of rotatable bonds is 5. The molecule has 0 aliphatic heterocycles. The molecule has 0 radical (unpaired) electrons. The van der Waals surface area contributed by atoms with E-state index in [2.05, 4.69) is 24.3 Å². The largest absolute Gasteiger partial charge is 0.384 e. The maximum absolute atomic E-state index is 10.4. The molecule has 0 bridgehead atoms. The molecule has 0 spiro atoms. The number of hydrogen-bond donors (Lipinski definition) is 1. The Labute approximate surface area is 109 Å². The standard InChI is InChI=1S/C15H21NO2/c1-4-18-15(16(2)3)14(17)13-9-8-11-6-5-7-12(11)10-13/h5-6,8-10,14-15,17H,4,7H2,1-3H3. The minimum absolute atomic E-state index is 0.303. The third-order valence-corrected chi connectivity index (χ3v) is 3.26. The second-order valence-electron chi connectivity index (χ2n) is 4.82. The summed E-state index contributed by atoms with van der Waals surface area (Å²) in [6.45, 7) is 2.53. The third-order valence-electron chi connectivity index (χ3n) is 3.26. The Morgan fingerprint density at radius 2 is 2.17 bits per heavy atom. The van der Waals surface area contributed by atoms with Crippen LogP contribution in [0.1, 0.15) is 29.7 Å². The summed E-state index contributed by atoms with van der Waals surface area (Å²) in [5.41, 5.74) is 3.45. The molecule has 2 atom stereocenters. The highest BCUT2D eigenvalue weighted by molar-refractivity contribution is 5.60. The lowest BCUT2D eigenvalue weighted by atomic mass is 10.0. The van der Waals surface area contributed by atoms with Gasteiger partial charge in [-0.3, -0.25) is 4.90 Å². The van der Waals surface area contributed by atoms with Crippen LogP contribution in [0.2, 0.25) is 0 Å². The molecule has 1 N–H and O–H groups in total. The summed E-state index contributed by atoms with van der Waals surface area (Å²) >= 11 is 0. The lowest BCUT2D eigenvalue weighted by Crippen LogP contribution is -2.36. The number of aliphatic hydroxyl groups is 1. The molecule has 1 aromatic carbocycles. The number of allylic oxidation sites excluding steroid dienone is 1. The lowest BCUT2D eigenvalue weighted by molar-refractivity contribution is -0.106. The van der Waals surface area contributed by atoms with E-state index in [1.807, 2.05) is 32.0 Å². The Bertz CT molecular complexity index is 440. The molecule has 0 amide bonds. The van der Waals surface area contributed by atoms with Crippen LogP contribution in [-0.2, 0) is 11.2 Å². The van der Waals surface area contributed by atoms with Crippen LogP contribution in [-0.4, -0.2) is 36.9 Å². The van der Waals surface area contributed by atoms with Crippen LogP contribution in [0.3, 0.4) is 0 Å². The Morgan fingerprint density at radius 3 is 2.83 bits per heavy atom. The first-order chi connectivity index (χ1) is 8.63. The van der Waals surface area contributed by atoms with Crippen LogP contribution < -0.4 is 0 Å². The molecule has 0 fully saturated rings. The van der Waals surface area contributed by atoms with E-state index in [1.165, 1.54) is 11.1 Å². The fourth-order valence-electron chi connectivity index (χ4n) is 2.32. The van der Waals surface area contributed by atoms with Gasteiger partial charge in [0.1, 0.15) is 12.3 Å². The van der Waals surface area contributed by atoms with Gasteiger partial charge in [-0.1, -0.05) is 30.4 Å². The number of likely N-dealkylation sites (N-methyl/N-ethyl adjacent to an activating group) is 1. The highest BCUT2D eigenvalue weighted by atomic mass is 16.5. The van der Waals surface area contributed by atoms with Gasteiger partial charge in [-0.25, -0.2) is 0 Å². The van der Waals surface area contributed by atoms with Gasteiger partial charge in [0.2, 0.25) is 0 Å². The molecule has 98 valence electrons. The first kappa shape index (κ1) is 13.3. The molecule has 1 aromatic rings. The highest BCUT2D eigenvalue weighted by Gasteiger charge is 2.24. The second kappa shape index (κ2) is 5.65. The summed E-state index contributed by atoms with van der Waals surface area (Å²) < 4.78 is 5.60. The first-order valence-corrected chi connectivity index (χ1v) is 6.39. The van der Waals surface area contributed by atoms with Crippen molar-refractivity contribution in [3.05, 3.63) is 41.0 Å². The number of nitrogens with zero attached hydrogens (tertiary/aromatic N) is 1. The summed E-state index contributed by atoms with van der Waals surface area (Å²) in [6, 6.07) is 6.13. The van der Waals surface area contributed by atoms with Gasteiger partial charge in [0.25, 0.3) is 0 Å². The maximum atomic E-state index is 10.4. The van der Waals surface area contributed by atoms with Gasteiger partial charge in [0, 0.05) is 6.61 Å². The van der Waals surface area contributed by atoms with Crippen molar-refractivity contribution in [3.63, 3.8) is 0 Å². The zero-order valence-corrected chi connectivity index (χ0v) is 11.3. The summed E-state index contributed by atoms with van der Waals surface area (Å²) in [5, 5.41) is 10.4. The normalized spacial score (nSPS) is 16.9. The Kier molecular flexibility index (Phi) is 4.17. The van der Waals surface area contributed by atoms with Crippen molar-refractivity contribution >= 4 is 6.08 Å². The van der Waals surface area contributed by atoms with Gasteiger partial charge < -0.3 is 9.84 Å². The maximum Gasteiger partial charge on any atom is 0.140 e. The lowest BCUT2D eigenvalue weighted by Gasteiger charge is -2.29. The van der Waals surface area contributed by atoms with Crippen molar-refractivity contribution in [2.45, 2.75) is 25.7 Å². The van der Waals surface area contributed by atoms with Gasteiger partial charge in [-0.15, -0.1) is 0 Å². The van der Waals surface area contributed by atoms with Crippen molar-refractivity contribution in [2.24, 2.45) is 0 Å². The topological polar surface area (TPSA) is 32.7 Å². The number of ether oxygens (including phenoxy) is 1. The van der Waals surface area contributed by atoms with Crippen molar-refractivity contribution in [1.82, 2.24) is 4.90 Å². The zero-order valence-electron chi connectivity index (χ0n) is 11.3.